The Bertz CT molecular complexity index is 563. The number of hydrogen-bond acceptors (Lipinski definition) is 2. The van der Waals surface area contributed by atoms with E-state index < -0.39 is 0 Å². The highest BCUT2D eigenvalue weighted by Crippen LogP contribution is 2.36. The van der Waals surface area contributed by atoms with Crippen molar-refractivity contribution in [2.45, 2.75) is 43.1 Å². The molecule has 0 unspecified atom stereocenters. The van der Waals surface area contributed by atoms with Gasteiger partial charge in [-0.2, -0.15) is 0 Å². The molecule has 0 fully saturated rings. The Morgan fingerprint density at radius 2 is 1.79 bits per heavy atom. The molecule has 0 spiro atoms. The molecule has 2 heteroatoms. The van der Waals surface area contributed by atoms with Gasteiger partial charge in [-0.3, -0.25) is 0 Å². The SMILES string of the molecule is CC[C@@H](O)c1ccccc1Sc1cc(C)ccc1C. The van der Waals surface area contributed by atoms with Crippen molar-refractivity contribution in [3.8, 4) is 0 Å². The van der Waals surface area contributed by atoms with Crippen LogP contribution in [-0.2, 0) is 0 Å². The molecule has 2 aromatic rings. The molecular formula is C17H20OS. The molecule has 0 aliphatic heterocycles. The van der Waals surface area contributed by atoms with Crippen molar-refractivity contribution in [2.75, 3.05) is 0 Å². The third-order valence-corrected chi connectivity index (χ3v) is 4.48. The van der Waals surface area contributed by atoms with Crippen molar-refractivity contribution in [3.05, 3.63) is 59.2 Å². The first-order valence-electron chi connectivity index (χ1n) is 6.64. The van der Waals surface area contributed by atoms with E-state index in [0.29, 0.717) is 0 Å². The van der Waals surface area contributed by atoms with Crippen LogP contribution in [0.25, 0.3) is 0 Å². The standard InChI is InChI=1S/C17H20OS/c1-4-15(18)14-7-5-6-8-16(14)19-17-11-12(2)9-10-13(17)3/h5-11,15,18H,4H2,1-3H3/t15-/m1/s1. The van der Waals surface area contributed by atoms with Crippen molar-refractivity contribution < 1.29 is 5.11 Å². The summed E-state index contributed by atoms with van der Waals surface area (Å²) in [6.07, 6.45) is 0.360. The third kappa shape index (κ3) is 3.40. The van der Waals surface area contributed by atoms with Gasteiger partial charge in [-0.25, -0.2) is 0 Å². The summed E-state index contributed by atoms with van der Waals surface area (Å²) >= 11 is 1.74. The van der Waals surface area contributed by atoms with Gasteiger partial charge in [0, 0.05) is 9.79 Å². The number of aliphatic hydroxyl groups excluding tert-OH is 1. The van der Waals surface area contributed by atoms with Gasteiger partial charge in [0.2, 0.25) is 0 Å². The summed E-state index contributed by atoms with van der Waals surface area (Å²) in [6, 6.07) is 14.6. The Morgan fingerprint density at radius 3 is 2.53 bits per heavy atom. The predicted octanol–water partition coefficient (Wildman–Crippen LogP) is 4.90. The van der Waals surface area contributed by atoms with Gasteiger partial charge in [0.25, 0.3) is 0 Å². The minimum atomic E-state index is -0.381. The molecule has 0 saturated heterocycles. The summed E-state index contributed by atoms with van der Waals surface area (Å²) in [5.41, 5.74) is 3.56. The molecule has 1 atom stereocenters. The first-order chi connectivity index (χ1) is 9.11. The third-order valence-electron chi connectivity index (χ3n) is 3.23. The van der Waals surface area contributed by atoms with Crippen molar-refractivity contribution in [2.24, 2.45) is 0 Å². The summed E-state index contributed by atoms with van der Waals surface area (Å²) < 4.78 is 0. The highest BCUT2D eigenvalue weighted by Gasteiger charge is 2.11. The van der Waals surface area contributed by atoms with E-state index in [-0.39, 0.29) is 6.10 Å². The van der Waals surface area contributed by atoms with E-state index in [2.05, 4.69) is 38.1 Å². The summed E-state index contributed by atoms with van der Waals surface area (Å²) in [5, 5.41) is 10.1. The second-order valence-corrected chi connectivity index (χ2v) is 5.92. The molecule has 100 valence electrons. The molecule has 19 heavy (non-hydrogen) atoms. The zero-order chi connectivity index (χ0) is 13.8. The summed E-state index contributed by atoms with van der Waals surface area (Å²) in [6.45, 7) is 6.24. The maximum Gasteiger partial charge on any atom is 0.0798 e. The number of aliphatic hydroxyl groups is 1. The average Bonchev–Trinajstić information content (AvgIpc) is 2.42. The number of aryl methyl sites for hydroxylation is 2. The van der Waals surface area contributed by atoms with E-state index in [1.807, 2.05) is 25.1 Å². The first-order valence-corrected chi connectivity index (χ1v) is 7.45. The van der Waals surface area contributed by atoms with Crippen LogP contribution in [0.1, 0.15) is 36.1 Å². The van der Waals surface area contributed by atoms with Crippen molar-refractivity contribution in [1.29, 1.82) is 0 Å². The Morgan fingerprint density at radius 1 is 1.05 bits per heavy atom. The van der Waals surface area contributed by atoms with Crippen LogP contribution in [0.15, 0.2) is 52.3 Å². The summed E-state index contributed by atoms with van der Waals surface area (Å²) in [7, 11) is 0. The van der Waals surface area contributed by atoms with Gasteiger partial charge < -0.3 is 5.11 Å². The fourth-order valence-electron chi connectivity index (χ4n) is 2.00. The minimum absolute atomic E-state index is 0.381. The average molecular weight is 272 g/mol. The van der Waals surface area contributed by atoms with Crippen LogP contribution in [0, 0.1) is 13.8 Å². The Kier molecular flexibility index (Phi) is 4.67. The van der Waals surface area contributed by atoms with Crippen LogP contribution in [0.3, 0.4) is 0 Å². The van der Waals surface area contributed by atoms with Crippen molar-refractivity contribution >= 4 is 11.8 Å². The monoisotopic (exact) mass is 272 g/mol. The minimum Gasteiger partial charge on any atom is -0.388 e. The van der Waals surface area contributed by atoms with Crippen LogP contribution >= 0.6 is 11.8 Å². The van der Waals surface area contributed by atoms with Crippen molar-refractivity contribution in [3.63, 3.8) is 0 Å². The number of benzene rings is 2. The fraction of sp³-hybridized carbons (Fsp3) is 0.294. The lowest BCUT2D eigenvalue weighted by molar-refractivity contribution is 0.171. The molecule has 0 radical (unpaired) electrons. The van der Waals surface area contributed by atoms with E-state index in [4.69, 9.17) is 0 Å². The molecule has 2 aromatic carbocycles. The van der Waals surface area contributed by atoms with Crippen LogP contribution < -0.4 is 0 Å². The molecular weight excluding hydrogens is 252 g/mol. The van der Waals surface area contributed by atoms with Gasteiger partial charge in [-0.15, -0.1) is 0 Å². The van der Waals surface area contributed by atoms with Gasteiger partial charge in [0.1, 0.15) is 0 Å². The van der Waals surface area contributed by atoms with E-state index in [1.165, 1.54) is 16.0 Å². The molecule has 2 rings (SSSR count). The highest BCUT2D eigenvalue weighted by atomic mass is 32.2. The second kappa shape index (κ2) is 6.27. The molecule has 0 bridgehead atoms. The van der Waals surface area contributed by atoms with Gasteiger partial charge in [0.15, 0.2) is 0 Å². The zero-order valence-electron chi connectivity index (χ0n) is 11.7. The quantitative estimate of drug-likeness (QED) is 0.854. The molecule has 0 saturated carbocycles. The van der Waals surface area contributed by atoms with Crippen LogP contribution in [0.2, 0.25) is 0 Å². The van der Waals surface area contributed by atoms with E-state index in [0.717, 1.165) is 16.9 Å². The van der Waals surface area contributed by atoms with Crippen LogP contribution in [0.4, 0.5) is 0 Å². The fourth-order valence-corrected chi connectivity index (χ4v) is 3.18. The van der Waals surface area contributed by atoms with Gasteiger partial charge in [-0.1, -0.05) is 49.0 Å². The lowest BCUT2D eigenvalue weighted by Gasteiger charge is -2.14. The van der Waals surface area contributed by atoms with Crippen LogP contribution in [-0.4, -0.2) is 5.11 Å². The van der Waals surface area contributed by atoms with Gasteiger partial charge in [0.05, 0.1) is 6.10 Å². The van der Waals surface area contributed by atoms with E-state index in [1.54, 1.807) is 11.8 Å². The Hall–Kier alpha value is -1.25. The lowest BCUT2D eigenvalue weighted by atomic mass is 10.1. The molecule has 0 heterocycles. The van der Waals surface area contributed by atoms with Gasteiger partial charge >= 0.3 is 0 Å². The number of hydrogen-bond donors (Lipinski definition) is 1. The summed E-state index contributed by atoms with van der Waals surface area (Å²) in [4.78, 5) is 2.40. The number of rotatable bonds is 4. The molecule has 0 aromatic heterocycles. The largest absolute Gasteiger partial charge is 0.388 e. The van der Waals surface area contributed by atoms with Crippen molar-refractivity contribution in [1.82, 2.24) is 0 Å². The van der Waals surface area contributed by atoms with Gasteiger partial charge in [-0.05, 0) is 49.1 Å². The zero-order valence-corrected chi connectivity index (χ0v) is 12.5. The smallest absolute Gasteiger partial charge is 0.0798 e. The molecule has 1 N–H and O–H groups in total. The van der Waals surface area contributed by atoms with E-state index >= 15 is 0 Å². The topological polar surface area (TPSA) is 20.2 Å². The second-order valence-electron chi connectivity index (χ2n) is 4.83. The molecule has 0 aliphatic rings. The molecule has 0 aliphatic carbocycles. The summed E-state index contributed by atoms with van der Waals surface area (Å²) in [5.74, 6) is 0. The highest BCUT2D eigenvalue weighted by molar-refractivity contribution is 7.99. The maximum absolute atomic E-state index is 10.1. The van der Waals surface area contributed by atoms with E-state index in [9.17, 15) is 5.11 Å². The molecule has 1 nitrogen and oxygen atoms in total. The van der Waals surface area contributed by atoms with Crippen LogP contribution in [0.5, 0.6) is 0 Å². The predicted molar refractivity (Wildman–Crippen MR) is 81.7 cm³/mol. The normalized spacial score (nSPS) is 12.4. The lowest BCUT2D eigenvalue weighted by Crippen LogP contribution is -1.97. The maximum atomic E-state index is 10.1. The Balaban J connectivity index is 2.35. The Labute approximate surface area is 119 Å². The molecule has 0 amide bonds. The first kappa shape index (κ1) is 14.2.